The van der Waals surface area contributed by atoms with Crippen molar-refractivity contribution in [3.8, 4) is 0 Å². The fourth-order valence-electron chi connectivity index (χ4n) is 1.07. The van der Waals surface area contributed by atoms with E-state index in [2.05, 4.69) is 0 Å². The highest BCUT2D eigenvalue weighted by molar-refractivity contribution is 8.00. The van der Waals surface area contributed by atoms with Gasteiger partial charge in [-0.05, 0) is 12.1 Å². The lowest BCUT2D eigenvalue weighted by molar-refractivity contribution is -0.121. The molecule has 1 rings (SSSR count). The van der Waals surface area contributed by atoms with Crippen LogP contribution in [0, 0.1) is 11.6 Å². The Balaban J connectivity index is 2.42. The number of hydrogen-bond donors (Lipinski definition) is 2. The summed E-state index contributed by atoms with van der Waals surface area (Å²) >= 11 is 0.761. The van der Waals surface area contributed by atoms with Gasteiger partial charge in [0.1, 0.15) is 18.2 Å². The maximum atomic E-state index is 13.2. The van der Waals surface area contributed by atoms with E-state index in [4.69, 9.17) is 5.11 Å². The normalized spacial score (nSPS) is 11.4. The molecule has 0 heterocycles. The molecule has 0 atom stereocenters. The monoisotopic (exact) mass is 297 g/mol. The van der Waals surface area contributed by atoms with Crippen LogP contribution in [0.1, 0.15) is 0 Å². The van der Waals surface area contributed by atoms with E-state index in [1.165, 1.54) is 0 Å². The lowest BCUT2D eigenvalue weighted by atomic mass is 10.3. The molecule has 1 amide bonds. The van der Waals surface area contributed by atoms with Crippen LogP contribution in [-0.4, -0.2) is 35.8 Å². The number of aliphatic hydroxyl groups is 1. The van der Waals surface area contributed by atoms with Crippen LogP contribution in [0.2, 0.25) is 0 Å². The third kappa shape index (κ3) is 5.48. The van der Waals surface area contributed by atoms with E-state index in [9.17, 15) is 22.4 Å². The zero-order chi connectivity index (χ0) is 14.5. The summed E-state index contributed by atoms with van der Waals surface area (Å²) in [6, 6.07) is 2.86. The minimum absolute atomic E-state index is 0.0467. The van der Waals surface area contributed by atoms with Gasteiger partial charge in [0.15, 0.2) is 0 Å². The van der Waals surface area contributed by atoms with E-state index in [1.807, 2.05) is 5.32 Å². The average Bonchev–Trinajstić information content (AvgIpc) is 2.35. The van der Waals surface area contributed by atoms with Crippen LogP contribution < -0.4 is 5.32 Å². The SMILES string of the molecule is O=C(CSc1ccc(F)cc1F)NCC(F)(F)CO. The number of aliphatic hydroxyl groups excluding tert-OH is 1. The molecule has 2 N–H and O–H groups in total. The van der Waals surface area contributed by atoms with Gasteiger partial charge in [-0.1, -0.05) is 0 Å². The maximum absolute atomic E-state index is 13.2. The molecule has 3 nitrogen and oxygen atoms in total. The van der Waals surface area contributed by atoms with Crippen LogP contribution in [0.25, 0.3) is 0 Å². The molecular weight excluding hydrogens is 286 g/mol. The molecule has 0 radical (unpaired) electrons. The van der Waals surface area contributed by atoms with Gasteiger partial charge >= 0.3 is 0 Å². The lowest BCUT2D eigenvalue weighted by Crippen LogP contribution is -2.39. The van der Waals surface area contributed by atoms with Gasteiger partial charge in [0, 0.05) is 11.0 Å². The average molecular weight is 297 g/mol. The van der Waals surface area contributed by atoms with Crippen molar-refractivity contribution >= 4 is 17.7 Å². The quantitative estimate of drug-likeness (QED) is 0.622. The first-order valence-electron chi connectivity index (χ1n) is 5.17. The number of carbonyl (C=O) groups excluding carboxylic acids is 1. The van der Waals surface area contributed by atoms with E-state index >= 15 is 0 Å². The summed E-state index contributed by atoms with van der Waals surface area (Å²) in [6.45, 7) is -2.36. The number of rotatable bonds is 6. The van der Waals surface area contributed by atoms with Crippen molar-refractivity contribution in [1.82, 2.24) is 5.32 Å². The Labute approximate surface area is 111 Å². The highest BCUT2D eigenvalue weighted by Crippen LogP contribution is 2.22. The van der Waals surface area contributed by atoms with Gasteiger partial charge in [0.2, 0.25) is 5.91 Å². The molecule has 0 saturated heterocycles. The van der Waals surface area contributed by atoms with E-state index < -0.39 is 36.6 Å². The lowest BCUT2D eigenvalue weighted by Gasteiger charge is -2.13. The smallest absolute Gasteiger partial charge is 0.287 e. The summed E-state index contributed by atoms with van der Waals surface area (Å²) < 4.78 is 51.0. The van der Waals surface area contributed by atoms with Crippen molar-refractivity contribution in [2.75, 3.05) is 18.9 Å². The van der Waals surface area contributed by atoms with Crippen molar-refractivity contribution < 1.29 is 27.5 Å². The largest absolute Gasteiger partial charge is 0.390 e. The van der Waals surface area contributed by atoms with Crippen LogP contribution in [-0.2, 0) is 4.79 Å². The van der Waals surface area contributed by atoms with E-state index in [1.54, 1.807) is 0 Å². The number of amides is 1. The van der Waals surface area contributed by atoms with Crippen molar-refractivity contribution in [3.63, 3.8) is 0 Å². The predicted octanol–water partition coefficient (Wildman–Crippen LogP) is 1.80. The van der Waals surface area contributed by atoms with Crippen LogP contribution in [0.4, 0.5) is 17.6 Å². The van der Waals surface area contributed by atoms with E-state index in [0.717, 1.165) is 23.9 Å². The van der Waals surface area contributed by atoms with E-state index in [0.29, 0.717) is 6.07 Å². The van der Waals surface area contributed by atoms with E-state index in [-0.39, 0.29) is 10.6 Å². The first-order chi connectivity index (χ1) is 8.84. The number of carbonyl (C=O) groups is 1. The minimum Gasteiger partial charge on any atom is -0.390 e. The third-order valence-corrected chi connectivity index (χ3v) is 3.08. The summed E-state index contributed by atoms with van der Waals surface area (Å²) in [6.07, 6.45) is 0. The summed E-state index contributed by atoms with van der Waals surface area (Å²) in [5.74, 6) is -5.97. The standard InChI is InChI=1S/C11H11F4NO2S/c12-7-1-2-9(8(13)3-7)19-4-10(18)16-5-11(14,15)6-17/h1-3,17H,4-6H2,(H,16,18). The van der Waals surface area contributed by atoms with Gasteiger partial charge in [0.05, 0.1) is 12.3 Å². The molecule has 0 aliphatic heterocycles. The van der Waals surface area contributed by atoms with Crippen LogP contribution in [0.15, 0.2) is 23.1 Å². The zero-order valence-electron chi connectivity index (χ0n) is 9.63. The third-order valence-electron chi connectivity index (χ3n) is 2.03. The van der Waals surface area contributed by atoms with Crippen molar-refractivity contribution in [1.29, 1.82) is 0 Å². The number of benzene rings is 1. The predicted molar refractivity (Wildman–Crippen MR) is 62.1 cm³/mol. The molecule has 0 unspecified atom stereocenters. The molecule has 0 fully saturated rings. The second-order valence-electron chi connectivity index (χ2n) is 3.65. The fraction of sp³-hybridized carbons (Fsp3) is 0.364. The van der Waals surface area contributed by atoms with Gasteiger partial charge in [-0.3, -0.25) is 4.79 Å². The Morgan fingerprint density at radius 3 is 2.63 bits per heavy atom. The first kappa shape index (κ1) is 15.8. The Kier molecular flexibility index (Phi) is 5.61. The Morgan fingerprint density at radius 1 is 1.37 bits per heavy atom. The molecule has 1 aromatic rings. The van der Waals surface area contributed by atoms with Crippen LogP contribution in [0.5, 0.6) is 0 Å². The number of thioether (sulfide) groups is 1. The van der Waals surface area contributed by atoms with Gasteiger partial charge in [0.25, 0.3) is 5.92 Å². The molecule has 8 heteroatoms. The van der Waals surface area contributed by atoms with Crippen LogP contribution in [0.3, 0.4) is 0 Å². The molecule has 1 aromatic carbocycles. The number of hydrogen-bond acceptors (Lipinski definition) is 3. The van der Waals surface area contributed by atoms with Crippen molar-refractivity contribution in [3.05, 3.63) is 29.8 Å². The minimum atomic E-state index is -3.39. The Morgan fingerprint density at radius 2 is 2.05 bits per heavy atom. The zero-order valence-corrected chi connectivity index (χ0v) is 10.4. The molecule has 0 aliphatic rings. The molecule has 106 valence electrons. The highest BCUT2D eigenvalue weighted by Gasteiger charge is 2.28. The van der Waals surface area contributed by atoms with Gasteiger partial charge in [-0.15, -0.1) is 11.8 Å². The summed E-state index contributed by atoms with van der Waals surface area (Å²) in [5, 5.41) is 10.2. The van der Waals surface area contributed by atoms with Crippen LogP contribution >= 0.6 is 11.8 Å². The Bertz CT molecular complexity index is 456. The number of nitrogens with one attached hydrogen (secondary N) is 1. The van der Waals surface area contributed by atoms with Crippen molar-refractivity contribution in [2.45, 2.75) is 10.8 Å². The second-order valence-corrected chi connectivity index (χ2v) is 4.67. The molecule has 0 aromatic heterocycles. The van der Waals surface area contributed by atoms with Gasteiger partial charge < -0.3 is 10.4 Å². The summed E-state index contributed by atoms with van der Waals surface area (Å²) in [7, 11) is 0. The molecule has 0 bridgehead atoms. The fourth-order valence-corrected chi connectivity index (χ4v) is 1.82. The molecule has 0 spiro atoms. The summed E-state index contributed by atoms with van der Waals surface area (Å²) in [5.41, 5.74) is 0. The Hall–Kier alpha value is -1.28. The highest BCUT2D eigenvalue weighted by atomic mass is 32.2. The molecule has 0 aliphatic carbocycles. The molecular formula is C11H11F4NO2S. The topological polar surface area (TPSA) is 49.3 Å². The number of halogens is 4. The first-order valence-corrected chi connectivity index (χ1v) is 6.16. The number of alkyl halides is 2. The van der Waals surface area contributed by atoms with Crippen molar-refractivity contribution in [2.24, 2.45) is 0 Å². The summed E-state index contributed by atoms with van der Waals surface area (Å²) in [4.78, 5) is 11.3. The second kappa shape index (κ2) is 6.76. The molecule has 19 heavy (non-hydrogen) atoms. The maximum Gasteiger partial charge on any atom is 0.287 e. The molecule has 0 saturated carbocycles. The van der Waals surface area contributed by atoms with Gasteiger partial charge in [-0.25, -0.2) is 17.6 Å². The van der Waals surface area contributed by atoms with Gasteiger partial charge in [-0.2, -0.15) is 0 Å².